The highest BCUT2D eigenvalue weighted by molar-refractivity contribution is 7.11. The minimum atomic E-state index is -2.27. The van der Waals surface area contributed by atoms with Crippen LogP contribution in [0.2, 0.25) is 0 Å². The fourth-order valence-corrected chi connectivity index (χ4v) is 4.28. The Labute approximate surface area is 174 Å². The minimum Gasteiger partial charge on any atom is -0.479 e. The van der Waals surface area contributed by atoms with Gasteiger partial charge in [0.15, 0.2) is 12.2 Å². The largest absolute Gasteiger partial charge is 0.479 e. The van der Waals surface area contributed by atoms with E-state index in [1.165, 1.54) is 60.9 Å². The molecule has 1 aromatic rings. The third-order valence-electron chi connectivity index (χ3n) is 5.17. The molecule has 2 aliphatic rings. The minimum absolute atomic E-state index is 0.781. The number of aliphatic hydroxyl groups excluding tert-OH is 2. The number of aliphatic carboxylic acids is 2. The topological polar surface area (TPSA) is 143 Å². The standard InChI is InChI=1S/C15H25N3S.C4H6O6/c1-11-15(19-12(2)17-11)10-18(9-13-3-4-13)14-5-7-16-8-6-14;5-1(3(7)8)2(6)4(9)10/h13-14,16H,3-10H2,1-2H3;1-2,5-6H,(H,7,8)(H,9,10). The van der Waals surface area contributed by atoms with Gasteiger partial charge in [-0.1, -0.05) is 0 Å². The summed E-state index contributed by atoms with van der Waals surface area (Å²) < 4.78 is 0. The zero-order valence-electron chi connectivity index (χ0n) is 16.9. The zero-order chi connectivity index (χ0) is 21.6. The van der Waals surface area contributed by atoms with Crippen molar-refractivity contribution in [3.05, 3.63) is 15.6 Å². The van der Waals surface area contributed by atoms with E-state index in [4.69, 9.17) is 20.4 Å². The van der Waals surface area contributed by atoms with E-state index in [0.717, 1.165) is 18.5 Å². The molecule has 2 atom stereocenters. The summed E-state index contributed by atoms with van der Waals surface area (Å²) in [4.78, 5) is 28.4. The van der Waals surface area contributed by atoms with E-state index in [9.17, 15) is 9.59 Å². The van der Waals surface area contributed by atoms with Crippen LogP contribution in [0.15, 0.2) is 0 Å². The van der Waals surface area contributed by atoms with E-state index in [1.807, 2.05) is 11.3 Å². The predicted molar refractivity (Wildman–Crippen MR) is 108 cm³/mol. The molecule has 3 rings (SSSR count). The van der Waals surface area contributed by atoms with E-state index in [0.29, 0.717) is 0 Å². The molecule has 1 aliphatic carbocycles. The van der Waals surface area contributed by atoms with Gasteiger partial charge < -0.3 is 25.7 Å². The van der Waals surface area contributed by atoms with Crippen LogP contribution >= 0.6 is 11.3 Å². The summed E-state index contributed by atoms with van der Waals surface area (Å²) >= 11 is 1.89. The summed E-state index contributed by atoms with van der Waals surface area (Å²) in [7, 11) is 0. The second-order valence-corrected chi connectivity index (χ2v) is 8.95. The second-order valence-electron chi connectivity index (χ2n) is 7.66. The van der Waals surface area contributed by atoms with Crippen molar-refractivity contribution in [2.75, 3.05) is 19.6 Å². The number of hydrogen-bond donors (Lipinski definition) is 5. The molecule has 0 spiro atoms. The van der Waals surface area contributed by atoms with Gasteiger partial charge in [-0.25, -0.2) is 14.6 Å². The van der Waals surface area contributed by atoms with Gasteiger partial charge in [-0.15, -0.1) is 11.3 Å². The van der Waals surface area contributed by atoms with Gasteiger partial charge in [0.2, 0.25) is 0 Å². The fourth-order valence-electron chi connectivity index (χ4n) is 3.32. The Hall–Kier alpha value is -1.59. The van der Waals surface area contributed by atoms with E-state index < -0.39 is 24.1 Å². The van der Waals surface area contributed by atoms with Crippen LogP contribution in [0.25, 0.3) is 0 Å². The third-order valence-corrected chi connectivity index (χ3v) is 6.22. The number of nitrogens with one attached hydrogen (secondary N) is 1. The molecule has 0 radical (unpaired) electrons. The fraction of sp³-hybridized carbons (Fsp3) is 0.737. The predicted octanol–water partition coefficient (Wildman–Crippen LogP) is 0.601. The Bertz CT molecular complexity index is 669. The molecule has 29 heavy (non-hydrogen) atoms. The van der Waals surface area contributed by atoms with E-state index in [1.54, 1.807) is 0 Å². The van der Waals surface area contributed by atoms with Gasteiger partial charge in [0.1, 0.15) is 0 Å². The summed E-state index contributed by atoms with van der Waals surface area (Å²) in [5, 5.41) is 37.2. The lowest BCUT2D eigenvalue weighted by Gasteiger charge is -2.34. The smallest absolute Gasteiger partial charge is 0.335 e. The average molecular weight is 430 g/mol. The third kappa shape index (κ3) is 7.63. The van der Waals surface area contributed by atoms with Crippen LogP contribution in [0, 0.1) is 19.8 Å². The van der Waals surface area contributed by atoms with Crippen LogP contribution in [0.1, 0.15) is 41.3 Å². The molecule has 0 amide bonds. The SMILES string of the molecule is Cc1nc(C)c(CN(CC2CC2)C2CCNCC2)s1.O=C(O)C(O)C(O)C(=O)O. The molecule has 164 valence electrons. The molecule has 10 heteroatoms. The first-order valence-corrected chi connectivity index (χ1v) is 10.7. The van der Waals surface area contributed by atoms with Gasteiger partial charge in [-0.05, 0) is 58.5 Å². The summed E-state index contributed by atoms with van der Waals surface area (Å²) in [5.74, 6) is -2.56. The molecule has 0 aromatic carbocycles. The number of carboxylic acids is 2. The van der Waals surface area contributed by atoms with Gasteiger partial charge in [0, 0.05) is 24.0 Å². The van der Waals surface area contributed by atoms with E-state index in [2.05, 4.69) is 29.0 Å². The van der Waals surface area contributed by atoms with Gasteiger partial charge in [-0.2, -0.15) is 0 Å². The zero-order valence-corrected chi connectivity index (χ0v) is 17.7. The maximum absolute atomic E-state index is 9.77. The molecule has 5 N–H and O–H groups in total. The van der Waals surface area contributed by atoms with Gasteiger partial charge in [-0.3, -0.25) is 4.90 Å². The number of piperidine rings is 1. The normalized spacial score (nSPS) is 19.3. The Morgan fingerprint density at radius 2 is 1.66 bits per heavy atom. The molecule has 1 aromatic heterocycles. The lowest BCUT2D eigenvalue weighted by Crippen LogP contribution is -2.43. The first kappa shape index (κ1) is 23.7. The average Bonchev–Trinajstić information content (AvgIpc) is 3.44. The molecule has 9 nitrogen and oxygen atoms in total. The van der Waals surface area contributed by atoms with Crippen LogP contribution < -0.4 is 5.32 Å². The Kier molecular flexibility index (Phi) is 8.97. The van der Waals surface area contributed by atoms with Crippen molar-refractivity contribution in [1.29, 1.82) is 0 Å². The number of aryl methyl sites for hydroxylation is 2. The van der Waals surface area contributed by atoms with E-state index in [-0.39, 0.29) is 0 Å². The Balaban J connectivity index is 0.000000257. The number of hydrogen-bond acceptors (Lipinski definition) is 8. The first-order chi connectivity index (χ1) is 13.7. The van der Waals surface area contributed by atoms with Crippen LogP contribution in [0.4, 0.5) is 0 Å². The molecule has 1 saturated carbocycles. The quantitative estimate of drug-likeness (QED) is 0.401. The monoisotopic (exact) mass is 429 g/mol. The Morgan fingerprint density at radius 1 is 1.10 bits per heavy atom. The van der Waals surface area contributed by atoms with Gasteiger partial charge in [0.05, 0.1) is 10.7 Å². The number of rotatable bonds is 8. The molecule has 1 aliphatic heterocycles. The maximum Gasteiger partial charge on any atom is 0.335 e. The van der Waals surface area contributed by atoms with Gasteiger partial charge >= 0.3 is 11.9 Å². The van der Waals surface area contributed by atoms with Crippen LogP contribution in [0.5, 0.6) is 0 Å². The molecule has 2 heterocycles. The Morgan fingerprint density at radius 3 is 2.07 bits per heavy atom. The van der Waals surface area contributed by atoms with Crippen molar-refractivity contribution in [3.8, 4) is 0 Å². The number of nitrogens with zero attached hydrogens (tertiary/aromatic N) is 2. The van der Waals surface area contributed by atoms with E-state index >= 15 is 0 Å². The maximum atomic E-state index is 9.77. The van der Waals surface area contributed by atoms with Crippen molar-refractivity contribution >= 4 is 23.3 Å². The number of carbonyl (C=O) groups is 2. The van der Waals surface area contributed by atoms with Gasteiger partial charge in [0.25, 0.3) is 0 Å². The van der Waals surface area contributed by atoms with Crippen molar-refractivity contribution in [2.45, 2.75) is 64.3 Å². The molecule has 1 saturated heterocycles. The summed E-state index contributed by atoms with van der Waals surface area (Å²) in [6.45, 7) is 9.09. The highest BCUT2D eigenvalue weighted by atomic mass is 32.1. The summed E-state index contributed by atoms with van der Waals surface area (Å²) in [6, 6.07) is 0.781. The lowest BCUT2D eigenvalue weighted by atomic mass is 10.0. The molecule has 2 unspecified atom stereocenters. The molecule has 0 bridgehead atoms. The summed E-state index contributed by atoms with van der Waals surface area (Å²) in [5.41, 5.74) is 1.25. The highest BCUT2D eigenvalue weighted by Crippen LogP contribution is 2.32. The number of aliphatic hydroxyl groups is 2. The highest BCUT2D eigenvalue weighted by Gasteiger charge is 2.30. The van der Waals surface area contributed by atoms with Crippen LogP contribution in [-0.2, 0) is 16.1 Å². The number of thiazole rings is 1. The van der Waals surface area contributed by atoms with Crippen molar-refractivity contribution < 1.29 is 30.0 Å². The molecular formula is C19H31N3O6S. The number of aromatic nitrogens is 1. The molecule has 2 fully saturated rings. The van der Waals surface area contributed by atoms with Crippen LogP contribution in [0.3, 0.4) is 0 Å². The van der Waals surface area contributed by atoms with Crippen molar-refractivity contribution in [3.63, 3.8) is 0 Å². The van der Waals surface area contributed by atoms with Crippen molar-refractivity contribution in [1.82, 2.24) is 15.2 Å². The summed E-state index contributed by atoms with van der Waals surface area (Å²) in [6.07, 6.45) is 0.979. The molecular weight excluding hydrogens is 398 g/mol. The number of carboxylic acid groups (broad SMARTS) is 2. The first-order valence-electron chi connectivity index (χ1n) is 9.88. The second kappa shape index (κ2) is 11.0. The van der Waals surface area contributed by atoms with Crippen molar-refractivity contribution in [2.24, 2.45) is 5.92 Å². The van der Waals surface area contributed by atoms with Crippen LogP contribution in [-0.4, -0.2) is 80.1 Å². The lowest BCUT2D eigenvalue weighted by molar-refractivity contribution is -0.165.